The highest BCUT2D eigenvalue weighted by Crippen LogP contribution is 2.37. The van der Waals surface area contributed by atoms with E-state index in [-0.39, 0.29) is 0 Å². The summed E-state index contributed by atoms with van der Waals surface area (Å²) in [6.07, 6.45) is 12.3. The number of thiol groups is 1. The van der Waals surface area contributed by atoms with Gasteiger partial charge in [-0.15, -0.1) is 0 Å². The number of hydrogen-bond donors (Lipinski definition) is 1. The van der Waals surface area contributed by atoms with Gasteiger partial charge in [0.25, 0.3) is 0 Å². The van der Waals surface area contributed by atoms with Crippen LogP contribution in [-0.2, 0) is 33.2 Å². The molecule has 0 bridgehead atoms. The quantitative estimate of drug-likeness (QED) is 0.236. The van der Waals surface area contributed by atoms with Crippen LogP contribution in [0.25, 0.3) is 27.7 Å². The number of allylic oxidation sites excluding steroid dienone is 3. The molecule has 3 aromatic rings. The van der Waals surface area contributed by atoms with E-state index in [0.717, 1.165) is 125 Å². The summed E-state index contributed by atoms with van der Waals surface area (Å²) in [5.41, 5.74) is 9.27. The molecule has 0 unspecified atom stereocenters. The number of imidazole rings is 1. The summed E-state index contributed by atoms with van der Waals surface area (Å²) in [4.78, 5) is 10.2. The third-order valence-electron chi connectivity index (χ3n) is 9.99. The lowest BCUT2D eigenvalue weighted by molar-refractivity contribution is 0.0342. The first-order valence-electron chi connectivity index (χ1n) is 17.2. The lowest BCUT2D eigenvalue weighted by Gasteiger charge is -2.36. The number of hydrogen-bond acceptors (Lipinski definition) is 6. The molecule has 47 heavy (non-hydrogen) atoms. The molecule has 8 nitrogen and oxygen atoms in total. The summed E-state index contributed by atoms with van der Waals surface area (Å²) in [6.45, 7) is 17.0. The first-order chi connectivity index (χ1) is 22.7. The van der Waals surface area contributed by atoms with Gasteiger partial charge in [0.2, 0.25) is 0 Å². The summed E-state index contributed by atoms with van der Waals surface area (Å²) >= 11 is 0. The molecule has 1 aromatic heterocycles. The van der Waals surface area contributed by atoms with Crippen molar-refractivity contribution in [2.75, 3.05) is 84.8 Å². The van der Waals surface area contributed by atoms with Crippen molar-refractivity contribution in [3.8, 4) is 11.1 Å². The highest BCUT2D eigenvalue weighted by molar-refractivity contribution is 7.99. The van der Waals surface area contributed by atoms with Crippen LogP contribution in [0.5, 0.6) is 0 Å². The minimum Gasteiger partial charge on any atom is -0.379 e. The van der Waals surface area contributed by atoms with Crippen molar-refractivity contribution in [3.63, 3.8) is 0 Å². The third-order valence-corrected chi connectivity index (χ3v) is 11.7. The third kappa shape index (κ3) is 8.21. The maximum atomic E-state index is 12.8. The Morgan fingerprint density at radius 3 is 2.19 bits per heavy atom. The molecule has 0 spiro atoms. The summed E-state index contributed by atoms with van der Waals surface area (Å²) in [7, 11) is -0.0768. The van der Waals surface area contributed by atoms with E-state index in [1.54, 1.807) is 0 Å². The van der Waals surface area contributed by atoms with Crippen LogP contribution in [0.15, 0.2) is 66.8 Å². The number of fused-ring (bicyclic) bond motifs is 1. The first kappa shape index (κ1) is 34.0. The Bertz CT molecular complexity index is 1650. The van der Waals surface area contributed by atoms with Gasteiger partial charge in [0.05, 0.1) is 37.5 Å². The molecule has 0 aliphatic carbocycles. The lowest BCUT2D eigenvalue weighted by atomic mass is 9.96. The number of nitrogens with zero attached hydrogens (tertiary/aromatic N) is 5. The van der Waals surface area contributed by atoms with Crippen molar-refractivity contribution in [2.45, 2.75) is 32.2 Å². The van der Waals surface area contributed by atoms with E-state index >= 15 is 0 Å². The zero-order valence-electron chi connectivity index (χ0n) is 28.8. The summed E-state index contributed by atoms with van der Waals surface area (Å²) in [6, 6.07) is 13.7. The molecule has 3 fully saturated rings. The van der Waals surface area contributed by atoms with Gasteiger partial charge in [-0.05, 0) is 59.7 Å². The Morgan fingerprint density at radius 1 is 0.936 bits per heavy atom. The van der Waals surface area contributed by atoms with Crippen LogP contribution in [0, 0.1) is 0 Å². The van der Waals surface area contributed by atoms with Crippen molar-refractivity contribution in [1.82, 2.24) is 23.7 Å². The molecule has 9 heteroatoms. The summed E-state index contributed by atoms with van der Waals surface area (Å²) < 4.78 is 28.3. The number of piperidine rings is 1. The predicted octanol–water partition coefficient (Wildman–Crippen LogP) is 5.29. The molecular weight excluding hydrogens is 607 g/mol. The SMILES string of the molecule is C=C(/C=C\C(=C/C)c1cc(-c2ccc(CN3CCOCC3)cc2)c2nc(C3CCN([SH](C)(C)=O)CC3)n(C)c2c1)CN1CCOCC1. The van der Waals surface area contributed by atoms with E-state index < -0.39 is 10.1 Å². The average molecular weight is 660 g/mol. The number of ether oxygens (including phenoxy) is 2. The average Bonchev–Trinajstić information content (AvgIpc) is 3.41. The van der Waals surface area contributed by atoms with E-state index in [1.165, 1.54) is 16.7 Å². The van der Waals surface area contributed by atoms with Gasteiger partial charge in [-0.25, -0.2) is 9.29 Å². The van der Waals surface area contributed by atoms with Crippen LogP contribution in [0.1, 0.15) is 42.6 Å². The number of aromatic nitrogens is 2. The Balaban J connectivity index is 1.32. The summed E-state index contributed by atoms with van der Waals surface area (Å²) in [5.74, 6) is 1.47. The minimum atomic E-state index is -2.24. The minimum absolute atomic E-state index is 0.340. The zero-order chi connectivity index (χ0) is 33.0. The molecule has 6 rings (SSSR count). The molecule has 2 aromatic carbocycles. The van der Waals surface area contributed by atoms with Crippen LogP contribution < -0.4 is 0 Å². The highest BCUT2D eigenvalue weighted by atomic mass is 32.3. The molecule has 4 heterocycles. The maximum absolute atomic E-state index is 12.8. The Kier molecular flexibility index (Phi) is 10.9. The fourth-order valence-corrected chi connectivity index (χ4v) is 8.33. The van der Waals surface area contributed by atoms with Crippen molar-refractivity contribution in [1.29, 1.82) is 0 Å². The van der Waals surface area contributed by atoms with Gasteiger partial charge < -0.3 is 14.0 Å². The van der Waals surface area contributed by atoms with Crippen LogP contribution in [0.4, 0.5) is 0 Å². The number of benzene rings is 2. The van der Waals surface area contributed by atoms with Crippen LogP contribution in [-0.4, -0.2) is 113 Å². The second-order valence-corrected chi connectivity index (χ2v) is 16.8. The fourth-order valence-electron chi connectivity index (χ4n) is 7.14. The Hall–Kier alpha value is -2.92. The second-order valence-electron chi connectivity index (χ2n) is 13.7. The van der Waals surface area contributed by atoms with E-state index in [4.69, 9.17) is 14.5 Å². The Labute approximate surface area is 282 Å². The number of aryl methyl sites for hydroxylation is 1. The smallest absolute Gasteiger partial charge is 0.112 e. The zero-order valence-corrected chi connectivity index (χ0v) is 29.7. The molecule has 0 N–H and O–H groups in total. The normalized spacial score (nSPS) is 20.4. The molecular formula is C38H53N5O3S. The molecule has 0 atom stereocenters. The van der Waals surface area contributed by atoms with Gasteiger partial charge in [-0.3, -0.25) is 14.0 Å². The molecule has 3 aliphatic heterocycles. The van der Waals surface area contributed by atoms with Crippen LogP contribution >= 0.6 is 0 Å². The van der Waals surface area contributed by atoms with E-state index in [9.17, 15) is 4.21 Å². The van der Waals surface area contributed by atoms with Crippen molar-refractivity contribution < 1.29 is 13.7 Å². The molecule has 254 valence electrons. The maximum Gasteiger partial charge on any atom is 0.112 e. The Morgan fingerprint density at radius 2 is 1.57 bits per heavy atom. The van der Waals surface area contributed by atoms with Gasteiger partial charge in [0.15, 0.2) is 0 Å². The van der Waals surface area contributed by atoms with Gasteiger partial charge in [0.1, 0.15) is 5.82 Å². The van der Waals surface area contributed by atoms with Crippen LogP contribution in [0.2, 0.25) is 0 Å². The highest BCUT2D eigenvalue weighted by Gasteiger charge is 2.28. The summed E-state index contributed by atoms with van der Waals surface area (Å²) in [5, 5.41) is 0. The monoisotopic (exact) mass is 659 g/mol. The van der Waals surface area contributed by atoms with Gasteiger partial charge in [-0.2, -0.15) is 0 Å². The second kappa shape index (κ2) is 15.1. The van der Waals surface area contributed by atoms with Gasteiger partial charge in [-0.1, -0.05) is 59.2 Å². The lowest BCUT2D eigenvalue weighted by Crippen LogP contribution is -2.41. The fraction of sp³-hybridized carbons (Fsp3) is 0.500. The van der Waals surface area contributed by atoms with Crippen molar-refractivity contribution >= 4 is 26.7 Å². The molecule has 0 amide bonds. The van der Waals surface area contributed by atoms with E-state index in [2.05, 4.69) is 93.8 Å². The largest absolute Gasteiger partial charge is 0.379 e. The van der Waals surface area contributed by atoms with Crippen LogP contribution in [0.3, 0.4) is 0 Å². The molecule has 0 saturated carbocycles. The van der Waals surface area contributed by atoms with E-state index in [0.29, 0.717) is 5.92 Å². The number of rotatable bonds is 10. The first-order valence-corrected chi connectivity index (χ1v) is 19.8. The standard InChI is InChI=1S/C38H53N5O3S/c1-6-31(10-7-29(2)27-41-17-21-45-22-18-41)34-25-35(32-11-8-30(9-12-32)28-42-19-23-46-24-20-42)37-36(26-34)40(3)38(39-37)33-13-15-43(16-14-33)47(4,5)44/h6-12,25-26,33,47H,2,13-24,27-28H2,1,3-5H3/b10-7-,31-6+. The van der Waals surface area contributed by atoms with Crippen molar-refractivity contribution in [3.05, 3.63) is 83.7 Å². The van der Waals surface area contributed by atoms with Gasteiger partial charge in [0, 0.05) is 83.4 Å². The topological polar surface area (TPSA) is 63.1 Å². The van der Waals surface area contributed by atoms with Crippen molar-refractivity contribution in [2.24, 2.45) is 7.05 Å². The van der Waals surface area contributed by atoms with Gasteiger partial charge >= 0.3 is 0 Å². The molecule has 3 saturated heterocycles. The number of morpholine rings is 2. The predicted molar refractivity (Wildman–Crippen MR) is 196 cm³/mol. The molecule has 0 radical (unpaired) electrons. The molecule has 3 aliphatic rings. The van der Waals surface area contributed by atoms with E-state index in [1.807, 2.05) is 12.5 Å².